The molecule has 9 heteroatoms. The molecule has 9 nitrogen and oxygen atoms in total. The standard InChI is InChI=1S/C24H23N3O6/c1-2-5-16-6-3-4-7-20(16)31-14-19-12-13-21(32-19)24(29)33-27-23(26)17-8-10-18(11-9-17)30-15-22(25)28/h2-4,6-13H,1,5,14-15H2,(H2,25,28)(H2,26,27). The third kappa shape index (κ3) is 6.73. The fourth-order valence-electron chi connectivity index (χ4n) is 2.75. The van der Waals surface area contributed by atoms with E-state index in [1.54, 1.807) is 36.4 Å². The normalized spacial score (nSPS) is 11.0. The Balaban J connectivity index is 1.55. The molecule has 0 aliphatic rings. The highest BCUT2D eigenvalue weighted by Gasteiger charge is 2.14. The molecule has 0 unspecified atom stereocenters. The Hall–Kier alpha value is -4.53. The summed E-state index contributed by atoms with van der Waals surface area (Å²) in [5.41, 5.74) is 12.4. The van der Waals surface area contributed by atoms with Crippen LogP contribution >= 0.6 is 0 Å². The number of amides is 1. The van der Waals surface area contributed by atoms with Crippen molar-refractivity contribution in [3.05, 3.63) is 96.0 Å². The number of benzene rings is 2. The molecule has 0 spiro atoms. The number of hydrogen-bond acceptors (Lipinski definition) is 7. The molecule has 3 rings (SSSR count). The molecule has 0 fully saturated rings. The lowest BCUT2D eigenvalue weighted by atomic mass is 10.1. The van der Waals surface area contributed by atoms with Gasteiger partial charge in [0.2, 0.25) is 5.76 Å². The highest BCUT2D eigenvalue weighted by Crippen LogP contribution is 2.21. The maximum Gasteiger partial charge on any atom is 0.400 e. The van der Waals surface area contributed by atoms with Gasteiger partial charge in [0.1, 0.15) is 23.9 Å². The van der Waals surface area contributed by atoms with Crippen LogP contribution in [-0.2, 0) is 22.7 Å². The van der Waals surface area contributed by atoms with E-state index in [9.17, 15) is 9.59 Å². The van der Waals surface area contributed by atoms with Gasteiger partial charge in [-0.2, -0.15) is 0 Å². The minimum atomic E-state index is -0.808. The number of carbonyl (C=O) groups is 2. The summed E-state index contributed by atoms with van der Waals surface area (Å²) >= 11 is 0. The lowest BCUT2D eigenvalue weighted by molar-refractivity contribution is -0.119. The van der Waals surface area contributed by atoms with Crippen LogP contribution in [0.4, 0.5) is 0 Å². The predicted octanol–water partition coefficient (Wildman–Crippen LogP) is 2.93. The molecule has 1 heterocycles. The minimum Gasteiger partial charge on any atom is -0.485 e. The summed E-state index contributed by atoms with van der Waals surface area (Å²) in [5, 5.41) is 3.64. The van der Waals surface area contributed by atoms with Crippen LogP contribution in [0.2, 0.25) is 0 Å². The summed E-state index contributed by atoms with van der Waals surface area (Å²) < 4.78 is 16.4. The molecule has 1 aromatic heterocycles. The van der Waals surface area contributed by atoms with Gasteiger partial charge in [0, 0.05) is 5.56 Å². The highest BCUT2D eigenvalue weighted by atomic mass is 16.7. The molecule has 0 aliphatic heterocycles. The highest BCUT2D eigenvalue weighted by molar-refractivity contribution is 5.98. The van der Waals surface area contributed by atoms with E-state index >= 15 is 0 Å². The van der Waals surface area contributed by atoms with Crippen molar-refractivity contribution in [2.45, 2.75) is 13.0 Å². The number of nitrogens with zero attached hydrogens (tertiary/aromatic N) is 1. The molecule has 0 aliphatic carbocycles. The molecule has 0 atom stereocenters. The zero-order chi connectivity index (χ0) is 23.6. The average Bonchev–Trinajstić information content (AvgIpc) is 3.30. The second-order valence-electron chi connectivity index (χ2n) is 6.79. The molecule has 4 N–H and O–H groups in total. The third-order valence-corrected chi connectivity index (χ3v) is 4.33. The molecular weight excluding hydrogens is 426 g/mol. The van der Waals surface area contributed by atoms with Crippen LogP contribution < -0.4 is 20.9 Å². The van der Waals surface area contributed by atoms with Crippen molar-refractivity contribution in [2.24, 2.45) is 16.6 Å². The van der Waals surface area contributed by atoms with Crippen LogP contribution in [0.25, 0.3) is 0 Å². The Morgan fingerprint density at radius 3 is 2.48 bits per heavy atom. The topological polar surface area (TPSA) is 139 Å². The zero-order valence-electron chi connectivity index (χ0n) is 17.7. The van der Waals surface area contributed by atoms with E-state index in [1.807, 2.05) is 24.3 Å². The van der Waals surface area contributed by atoms with Crippen LogP contribution in [0.15, 0.2) is 82.9 Å². The first-order valence-corrected chi connectivity index (χ1v) is 9.93. The van der Waals surface area contributed by atoms with Crippen molar-refractivity contribution >= 4 is 17.7 Å². The van der Waals surface area contributed by atoms with Gasteiger partial charge in [-0.25, -0.2) is 4.79 Å². The Morgan fingerprint density at radius 2 is 1.76 bits per heavy atom. The number of rotatable bonds is 11. The van der Waals surface area contributed by atoms with E-state index in [1.165, 1.54) is 6.07 Å². The fraction of sp³-hybridized carbons (Fsp3) is 0.125. The third-order valence-electron chi connectivity index (χ3n) is 4.33. The smallest absolute Gasteiger partial charge is 0.400 e. The van der Waals surface area contributed by atoms with Gasteiger partial charge < -0.3 is 30.2 Å². The minimum absolute atomic E-state index is 0.0289. The molecule has 2 aromatic carbocycles. The predicted molar refractivity (Wildman–Crippen MR) is 121 cm³/mol. The number of amidine groups is 1. The van der Waals surface area contributed by atoms with Gasteiger partial charge in [0.15, 0.2) is 12.4 Å². The molecule has 0 saturated heterocycles. The monoisotopic (exact) mass is 449 g/mol. The number of primary amides is 1. The number of carbonyl (C=O) groups excluding carboxylic acids is 2. The van der Waals surface area contributed by atoms with Gasteiger partial charge >= 0.3 is 5.97 Å². The van der Waals surface area contributed by atoms with Crippen molar-refractivity contribution in [2.75, 3.05) is 6.61 Å². The van der Waals surface area contributed by atoms with Crippen molar-refractivity contribution in [3.8, 4) is 11.5 Å². The number of para-hydroxylation sites is 1. The van der Waals surface area contributed by atoms with Crippen molar-refractivity contribution in [1.82, 2.24) is 0 Å². The first-order chi connectivity index (χ1) is 16.0. The van der Waals surface area contributed by atoms with Crippen LogP contribution in [0, 0.1) is 0 Å². The molecule has 33 heavy (non-hydrogen) atoms. The number of allylic oxidation sites excluding steroid dienone is 1. The van der Waals surface area contributed by atoms with Crippen LogP contribution in [0.3, 0.4) is 0 Å². The van der Waals surface area contributed by atoms with Gasteiger partial charge in [-0.1, -0.05) is 29.4 Å². The summed E-state index contributed by atoms with van der Waals surface area (Å²) in [4.78, 5) is 27.8. The summed E-state index contributed by atoms with van der Waals surface area (Å²) in [6.45, 7) is 3.64. The molecule has 1 amide bonds. The maximum atomic E-state index is 12.2. The van der Waals surface area contributed by atoms with E-state index in [2.05, 4.69) is 11.7 Å². The summed E-state index contributed by atoms with van der Waals surface area (Å²) in [6, 6.07) is 17.0. The summed E-state index contributed by atoms with van der Waals surface area (Å²) in [6.07, 6.45) is 2.47. The molecular formula is C24H23N3O6. The molecule has 170 valence electrons. The van der Waals surface area contributed by atoms with Crippen LogP contribution in [0.1, 0.15) is 27.4 Å². The quantitative estimate of drug-likeness (QED) is 0.151. The van der Waals surface area contributed by atoms with Crippen LogP contribution in [0.5, 0.6) is 11.5 Å². The second kappa shape index (κ2) is 11.2. The summed E-state index contributed by atoms with van der Waals surface area (Å²) in [5.74, 6) is 0.119. The van der Waals surface area contributed by atoms with Crippen molar-refractivity contribution < 1.29 is 28.3 Å². The number of hydrogen-bond donors (Lipinski definition) is 2. The molecule has 3 aromatic rings. The van der Waals surface area contributed by atoms with E-state index in [0.29, 0.717) is 29.2 Å². The molecule has 0 bridgehead atoms. The van der Waals surface area contributed by atoms with E-state index < -0.39 is 11.9 Å². The number of oxime groups is 1. The SMILES string of the molecule is C=CCc1ccccc1OCc1ccc(C(=O)O/N=C(\N)c2ccc(OCC(N)=O)cc2)o1. The van der Waals surface area contributed by atoms with Crippen molar-refractivity contribution in [3.63, 3.8) is 0 Å². The first-order valence-electron chi connectivity index (χ1n) is 9.93. The maximum absolute atomic E-state index is 12.2. The number of furan rings is 1. The Kier molecular flexibility index (Phi) is 7.85. The Morgan fingerprint density at radius 1 is 1.00 bits per heavy atom. The number of nitrogens with two attached hydrogens (primary N) is 2. The zero-order valence-corrected chi connectivity index (χ0v) is 17.7. The lowest BCUT2D eigenvalue weighted by Gasteiger charge is -2.08. The van der Waals surface area contributed by atoms with Gasteiger partial charge in [-0.3, -0.25) is 4.79 Å². The van der Waals surface area contributed by atoms with E-state index in [-0.39, 0.29) is 24.8 Å². The van der Waals surface area contributed by atoms with Gasteiger partial charge in [-0.05, 0) is 54.4 Å². The number of ether oxygens (including phenoxy) is 2. The van der Waals surface area contributed by atoms with E-state index in [4.69, 9.17) is 30.2 Å². The lowest BCUT2D eigenvalue weighted by Crippen LogP contribution is -2.20. The summed E-state index contributed by atoms with van der Waals surface area (Å²) in [7, 11) is 0. The Bertz CT molecular complexity index is 1150. The second-order valence-corrected chi connectivity index (χ2v) is 6.79. The average molecular weight is 449 g/mol. The first kappa shape index (κ1) is 23.1. The molecule has 0 saturated carbocycles. The molecule has 0 radical (unpaired) electrons. The largest absolute Gasteiger partial charge is 0.485 e. The Labute approximate surface area is 190 Å². The van der Waals surface area contributed by atoms with Crippen LogP contribution in [-0.4, -0.2) is 24.3 Å². The fourth-order valence-corrected chi connectivity index (χ4v) is 2.75. The van der Waals surface area contributed by atoms with E-state index in [0.717, 1.165) is 5.56 Å². The van der Waals surface area contributed by atoms with Crippen molar-refractivity contribution in [1.29, 1.82) is 0 Å². The van der Waals surface area contributed by atoms with Gasteiger partial charge in [-0.15, -0.1) is 6.58 Å². The van der Waals surface area contributed by atoms with Gasteiger partial charge in [0.05, 0.1) is 0 Å². The van der Waals surface area contributed by atoms with Gasteiger partial charge in [0.25, 0.3) is 5.91 Å².